The highest BCUT2D eigenvalue weighted by molar-refractivity contribution is 6.07. The van der Waals surface area contributed by atoms with Gasteiger partial charge in [-0.15, -0.1) is 6.58 Å². The lowest BCUT2D eigenvalue weighted by molar-refractivity contribution is 0.550. The van der Waals surface area contributed by atoms with Gasteiger partial charge in [0.05, 0.1) is 5.54 Å². The predicted octanol–water partition coefficient (Wildman–Crippen LogP) is 23.4. The fourth-order valence-corrected chi connectivity index (χ4v) is 9.61. The molecular weight excluding hydrogens is 963 g/mol. The van der Waals surface area contributed by atoms with E-state index in [1.54, 1.807) is 6.08 Å². The second-order valence-electron chi connectivity index (χ2n) is 19.2. The topological polar surface area (TPSA) is 26.0 Å². The van der Waals surface area contributed by atoms with Crippen LogP contribution in [0.5, 0.6) is 0 Å². The highest BCUT2D eigenvalue weighted by atomic mass is 14.7. The zero-order valence-electron chi connectivity index (χ0n) is 50.8. The normalized spacial score (nSPS) is 11.5. The molecule has 11 aromatic rings. The van der Waals surface area contributed by atoms with Crippen molar-refractivity contribution < 1.29 is 0 Å². The third-order valence-corrected chi connectivity index (χ3v) is 14.1. The van der Waals surface area contributed by atoms with Crippen molar-refractivity contribution in [1.82, 2.24) is 0 Å². The Morgan fingerprint density at radius 1 is 0.350 bits per heavy atom. The van der Waals surface area contributed by atoms with E-state index in [0.717, 1.165) is 17.5 Å². The van der Waals surface area contributed by atoms with Crippen molar-refractivity contribution in [3.05, 3.63) is 301 Å². The molecule has 1 heteroatoms. The molecule has 0 heterocycles. The molecule has 0 spiro atoms. The molecule has 0 bridgehead atoms. The highest BCUT2D eigenvalue weighted by Gasteiger charge is 2.27. The van der Waals surface area contributed by atoms with E-state index >= 15 is 0 Å². The Balaban J connectivity index is 0.000000390. The zero-order valence-corrected chi connectivity index (χ0v) is 50.8. The molecule has 2 unspecified atom stereocenters. The second kappa shape index (κ2) is 33.4. The maximum absolute atomic E-state index is 6.81. The van der Waals surface area contributed by atoms with Gasteiger partial charge in [0.2, 0.25) is 0 Å². The Morgan fingerprint density at radius 3 is 1.12 bits per heavy atom. The van der Waals surface area contributed by atoms with E-state index in [1.165, 1.54) is 88.0 Å². The summed E-state index contributed by atoms with van der Waals surface area (Å²) in [5.41, 5.74) is 21.1. The summed E-state index contributed by atoms with van der Waals surface area (Å²) in [6, 6.07) is 91.3. The first-order chi connectivity index (χ1) is 39.0. The Morgan fingerprint density at radius 2 is 0.700 bits per heavy atom. The Labute approximate surface area is 484 Å². The van der Waals surface area contributed by atoms with Crippen molar-refractivity contribution in [2.45, 2.75) is 114 Å². The van der Waals surface area contributed by atoms with E-state index in [2.05, 4.69) is 260 Å². The van der Waals surface area contributed by atoms with Crippen LogP contribution in [0.25, 0.3) is 65.7 Å². The Hall–Kier alpha value is -8.10. The van der Waals surface area contributed by atoms with Crippen LogP contribution in [0.15, 0.2) is 267 Å². The van der Waals surface area contributed by atoms with Crippen molar-refractivity contribution in [1.29, 1.82) is 0 Å². The summed E-state index contributed by atoms with van der Waals surface area (Å²) in [5, 5.41) is 7.63. The van der Waals surface area contributed by atoms with Crippen molar-refractivity contribution in [3.8, 4) is 33.4 Å². The van der Waals surface area contributed by atoms with Crippen LogP contribution in [0.1, 0.15) is 123 Å². The van der Waals surface area contributed by atoms with E-state index in [0.29, 0.717) is 0 Å². The molecule has 11 rings (SSSR count). The van der Waals surface area contributed by atoms with E-state index in [-0.39, 0.29) is 5.41 Å². The van der Waals surface area contributed by atoms with Gasteiger partial charge in [0.15, 0.2) is 0 Å². The minimum atomic E-state index is -0.554. The monoisotopic (exact) mass is 1050 g/mol. The van der Waals surface area contributed by atoms with E-state index < -0.39 is 5.54 Å². The van der Waals surface area contributed by atoms with Crippen LogP contribution in [-0.4, -0.2) is 0 Å². The van der Waals surface area contributed by atoms with Gasteiger partial charge in [0.1, 0.15) is 0 Å². The van der Waals surface area contributed by atoms with E-state index in [4.69, 9.17) is 5.73 Å². The molecule has 0 fully saturated rings. The first-order valence-corrected chi connectivity index (χ1v) is 29.2. The third-order valence-electron chi connectivity index (χ3n) is 14.1. The lowest BCUT2D eigenvalue weighted by atomic mass is 9.74. The van der Waals surface area contributed by atoms with Crippen molar-refractivity contribution in [2.75, 3.05) is 0 Å². The highest BCUT2D eigenvalue weighted by Crippen LogP contribution is 2.39. The van der Waals surface area contributed by atoms with Gasteiger partial charge in [-0.05, 0) is 134 Å². The van der Waals surface area contributed by atoms with Crippen LogP contribution in [0.4, 0.5) is 0 Å². The SMILES string of the molecule is C=CC.CC.CC.CC.CC.CCC(C)(c1ccccc1)c1ccc(-c2ccc3c(-c4cccc5cc(-c6ccc(C(C)(N)c7ccccc7)cc6)ccc45)cccc3c2)cc1.Cc1ccc2ccccc2c1.Cc1ccccc1. The van der Waals surface area contributed by atoms with Crippen molar-refractivity contribution in [3.63, 3.8) is 0 Å². The summed E-state index contributed by atoms with van der Waals surface area (Å²) in [6.07, 6.45) is 2.79. The largest absolute Gasteiger partial charge is 0.318 e. The molecule has 0 radical (unpaired) electrons. The second-order valence-corrected chi connectivity index (χ2v) is 19.2. The van der Waals surface area contributed by atoms with Gasteiger partial charge in [0.25, 0.3) is 0 Å². The standard InChI is InChI=1S/C50H43N.C11H10.C7H8.C3H6.4C2H6/c1-4-49(2,41-15-7-5-8-16-41)42-27-21-35(22-28-42)37-25-31-45-39(33-37)13-11-19-47(45)48-20-12-14-40-34-38(26-32-46(40)48)36-23-29-44(30-24-36)50(3,51)43-17-9-6-10-18-43;1-9-6-7-10-4-2-3-5-11(10)8-9;1-7-5-3-2-4-6-7;1-3-2;4*1-2/h5-34H,4,51H2,1-3H3;2-8H,1H3;2-6H,1H3;3H,1H2,2H3;4*1-2H3. The van der Waals surface area contributed by atoms with Crippen LogP contribution >= 0.6 is 0 Å². The minimum absolute atomic E-state index is 0.0168. The molecule has 0 aromatic heterocycles. The van der Waals surface area contributed by atoms with Gasteiger partial charge in [-0.25, -0.2) is 0 Å². The number of allylic oxidation sites excluding steroid dienone is 1. The quantitative estimate of drug-likeness (QED) is 0.151. The molecule has 0 aliphatic carbocycles. The molecule has 0 saturated heterocycles. The van der Waals surface area contributed by atoms with Gasteiger partial charge >= 0.3 is 0 Å². The number of fused-ring (bicyclic) bond motifs is 3. The molecule has 0 saturated carbocycles. The Bertz CT molecular complexity index is 3500. The molecule has 412 valence electrons. The number of hydrogen-bond donors (Lipinski definition) is 1. The molecule has 2 N–H and O–H groups in total. The van der Waals surface area contributed by atoms with Crippen molar-refractivity contribution in [2.24, 2.45) is 5.73 Å². The predicted molar refractivity (Wildman–Crippen MR) is 359 cm³/mol. The van der Waals surface area contributed by atoms with Gasteiger partial charge in [-0.2, -0.15) is 0 Å². The summed E-state index contributed by atoms with van der Waals surface area (Å²) in [4.78, 5) is 0. The van der Waals surface area contributed by atoms with E-state index in [9.17, 15) is 0 Å². The fraction of sp³-hybridized carbons (Fsp3) is 0.215. The molecular formula is C79H91N. The summed E-state index contributed by atoms with van der Waals surface area (Å²) in [6.45, 7) is 32.2. The lowest BCUT2D eigenvalue weighted by Gasteiger charge is -2.30. The average Bonchev–Trinajstić information content (AvgIpc) is 3.53. The molecule has 0 amide bonds. The number of nitrogens with two attached hydrogens (primary N) is 1. The van der Waals surface area contributed by atoms with Gasteiger partial charge in [-0.1, -0.05) is 329 Å². The maximum Gasteiger partial charge on any atom is 0.0636 e. The smallest absolute Gasteiger partial charge is 0.0636 e. The lowest BCUT2D eigenvalue weighted by Crippen LogP contribution is -2.34. The van der Waals surface area contributed by atoms with Crippen LogP contribution < -0.4 is 5.73 Å². The van der Waals surface area contributed by atoms with Crippen LogP contribution in [-0.2, 0) is 11.0 Å². The van der Waals surface area contributed by atoms with Crippen LogP contribution in [0.2, 0.25) is 0 Å². The number of aryl methyl sites for hydroxylation is 2. The van der Waals surface area contributed by atoms with E-state index in [1.807, 2.05) is 98.7 Å². The van der Waals surface area contributed by atoms with Gasteiger partial charge < -0.3 is 5.73 Å². The molecule has 80 heavy (non-hydrogen) atoms. The van der Waals surface area contributed by atoms with Gasteiger partial charge in [-0.3, -0.25) is 0 Å². The third kappa shape index (κ3) is 16.7. The minimum Gasteiger partial charge on any atom is -0.318 e. The van der Waals surface area contributed by atoms with Gasteiger partial charge in [0, 0.05) is 5.41 Å². The maximum atomic E-state index is 6.81. The number of benzene rings is 11. The first-order valence-electron chi connectivity index (χ1n) is 29.2. The summed E-state index contributed by atoms with van der Waals surface area (Å²) in [7, 11) is 0. The molecule has 0 aliphatic heterocycles. The molecule has 2 atom stereocenters. The molecule has 0 aliphatic rings. The average molecular weight is 1050 g/mol. The summed E-state index contributed by atoms with van der Waals surface area (Å²) >= 11 is 0. The van der Waals surface area contributed by atoms with Crippen molar-refractivity contribution >= 4 is 32.3 Å². The van der Waals surface area contributed by atoms with Crippen LogP contribution in [0, 0.1) is 13.8 Å². The number of rotatable bonds is 8. The fourth-order valence-electron chi connectivity index (χ4n) is 9.61. The molecule has 11 aromatic carbocycles. The Kier molecular flexibility index (Phi) is 26.9. The zero-order chi connectivity index (χ0) is 58.5. The molecule has 1 nitrogen and oxygen atoms in total. The summed E-state index contributed by atoms with van der Waals surface area (Å²) < 4.78 is 0. The van der Waals surface area contributed by atoms with Crippen LogP contribution in [0.3, 0.4) is 0 Å². The number of hydrogen-bond acceptors (Lipinski definition) is 1. The first kappa shape index (κ1) is 64.4. The summed E-state index contributed by atoms with van der Waals surface area (Å²) in [5.74, 6) is 0.